The first-order valence-corrected chi connectivity index (χ1v) is 12.0. The second-order valence-corrected chi connectivity index (χ2v) is 10.3. The average Bonchev–Trinajstić information content (AvgIpc) is 3.45. The molecule has 7 nitrogen and oxygen atoms in total. The number of aromatic nitrogens is 1. The third kappa shape index (κ3) is 5.46. The van der Waals surface area contributed by atoms with Crippen molar-refractivity contribution in [1.82, 2.24) is 15.2 Å². The summed E-state index contributed by atoms with van der Waals surface area (Å²) < 4.78 is 6.01. The van der Waals surface area contributed by atoms with Gasteiger partial charge in [0.1, 0.15) is 29.4 Å². The molecule has 1 saturated carbocycles. The Morgan fingerprint density at radius 1 is 1.23 bits per heavy atom. The van der Waals surface area contributed by atoms with E-state index < -0.39 is 11.6 Å². The van der Waals surface area contributed by atoms with E-state index in [2.05, 4.69) is 29.0 Å². The molecular formula is C28H31N5O2. The molecular weight excluding hydrogens is 438 g/mol. The normalized spacial score (nSPS) is 21.6. The Morgan fingerprint density at radius 2 is 1.97 bits per heavy atom. The maximum absolute atomic E-state index is 13.3. The van der Waals surface area contributed by atoms with Crippen LogP contribution in [0.5, 0.6) is 0 Å². The summed E-state index contributed by atoms with van der Waals surface area (Å²) >= 11 is 0. The summed E-state index contributed by atoms with van der Waals surface area (Å²) in [7, 11) is 0. The fourth-order valence-electron chi connectivity index (χ4n) is 5.18. The first-order valence-electron chi connectivity index (χ1n) is 12.0. The molecule has 1 aliphatic heterocycles. The van der Waals surface area contributed by atoms with Crippen molar-refractivity contribution < 1.29 is 9.53 Å². The number of nitrogens with zero attached hydrogens (tertiary/aromatic N) is 4. The average molecular weight is 470 g/mol. The number of piperidine rings is 1. The summed E-state index contributed by atoms with van der Waals surface area (Å²) in [5, 5.41) is 21.8. The minimum absolute atomic E-state index is 0.142. The van der Waals surface area contributed by atoms with Gasteiger partial charge in [0.05, 0.1) is 11.8 Å². The standard InChI is InChI=1S/C28H31N5O2/c1-18(35-28(2,3)4)33-24-13-12-21(15-24)26(33)27(34)32-23(17-30)14-19-8-10-20(11-9-19)25-7-5-6-22(16-29)31-25/h5-11,21,23-24,26H,1,12-15H2,2-4H3,(H,32,34)/t21-,23-,24+,26-/m0/s1. The molecule has 7 heteroatoms. The van der Waals surface area contributed by atoms with E-state index in [0.717, 1.165) is 36.1 Å². The van der Waals surface area contributed by atoms with Gasteiger partial charge in [0.15, 0.2) is 5.88 Å². The molecule has 0 spiro atoms. The topological polar surface area (TPSA) is 102 Å². The Balaban J connectivity index is 1.42. The lowest BCUT2D eigenvalue weighted by Gasteiger charge is -2.39. The summed E-state index contributed by atoms with van der Waals surface area (Å²) in [6.45, 7) is 10.0. The Labute approximate surface area is 207 Å². The Kier molecular flexibility index (Phi) is 6.80. The van der Waals surface area contributed by atoms with Crippen molar-refractivity contribution in [2.75, 3.05) is 0 Å². The fraction of sp³-hybridized carbons (Fsp3) is 0.429. The molecule has 0 unspecified atom stereocenters. The lowest BCUT2D eigenvalue weighted by Crippen LogP contribution is -2.52. The zero-order valence-corrected chi connectivity index (χ0v) is 20.5. The fourth-order valence-corrected chi connectivity index (χ4v) is 5.18. The molecule has 1 aliphatic carbocycles. The van der Waals surface area contributed by atoms with Crippen molar-refractivity contribution in [3.63, 3.8) is 0 Å². The van der Waals surface area contributed by atoms with Crippen molar-refractivity contribution in [2.45, 2.75) is 70.2 Å². The molecule has 2 heterocycles. The lowest BCUT2D eigenvalue weighted by atomic mass is 9.97. The monoisotopic (exact) mass is 469 g/mol. The second-order valence-electron chi connectivity index (χ2n) is 10.3. The molecule has 1 aromatic carbocycles. The van der Waals surface area contributed by atoms with Gasteiger partial charge in [-0.05, 0) is 70.2 Å². The van der Waals surface area contributed by atoms with E-state index >= 15 is 0 Å². The van der Waals surface area contributed by atoms with Crippen LogP contribution in [0.25, 0.3) is 11.3 Å². The molecule has 1 aromatic heterocycles. The van der Waals surface area contributed by atoms with E-state index in [4.69, 9.17) is 10.00 Å². The Morgan fingerprint density at radius 3 is 2.63 bits per heavy atom. The van der Waals surface area contributed by atoms with Crippen LogP contribution in [0.2, 0.25) is 0 Å². The van der Waals surface area contributed by atoms with Gasteiger partial charge in [-0.15, -0.1) is 0 Å². The SMILES string of the molecule is C=C(OC(C)(C)C)N1[C@@H]2CC[C@@H](C2)[C@H]1C(=O)N[C@H](C#N)Cc1ccc(-c2cccc(C#N)n2)cc1. The minimum atomic E-state index is -0.647. The van der Waals surface area contributed by atoms with Crippen molar-refractivity contribution in [1.29, 1.82) is 10.5 Å². The number of likely N-dealkylation sites (tertiary alicyclic amines) is 1. The highest BCUT2D eigenvalue weighted by molar-refractivity contribution is 5.83. The highest BCUT2D eigenvalue weighted by Crippen LogP contribution is 2.45. The lowest BCUT2D eigenvalue weighted by molar-refractivity contribution is -0.130. The number of ether oxygens (including phenoxy) is 1. The molecule has 2 aromatic rings. The van der Waals surface area contributed by atoms with Gasteiger partial charge in [0.2, 0.25) is 5.91 Å². The van der Waals surface area contributed by atoms with Crippen molar-refractivity contribution >= 4 is 5.91 Å². The first-order chi connectivity index (χ1) is 16.7. The molecule has 2 bridgehead atoms. The zero-order chi connectivity index (χ0) is 25.2. The van der Waals surface area contributed by atoms with Crippen LogP contribution in [0.15, 0.2) is 54.9 Å². The number of benzene rings is 1. The molecule has 2 fully saturated rings. The van der Waals surface area contributed by atoms with Gasteiger partial charge in [-0.3, -0.25) is 4.79 Å². The third-order valence-corrected chi connectivity index (χ3v) is 6.59. The van der Waals surface area contributed by atoms with E-state index in [1.165, 1.54) is 0 Å². The molecule has 1 N–H and O–H groups in total. The van der Waals surface area contributed by atoms with E-state index in [-0.39, 0.29) is 23.9 Å². The molecule has 35 heavy (non-hydrogen) atoms. The van der Waals surface area contributed by atoms with Crippen LogP contribution in [0.1, 0.15) is 51.3 Å². The van der Waals surface area contributed by atoms with Crippen LogP contribution in [-0.2, 0) is 16.0 Å². The maximum atomic E-state index is 13.3. The number of nitrogens with one attached hydrogen (secondary N) is 1. The van der Waals surface area contributed by atoms with Crippen LogP contribution < -0.4 is 5.32 Å². The van der Waals surface area contributed by atoms with Crippen LogP contribution in [0.3, 0.4) is 0 Å². The summed E-state index contributed by atoms with van der Waals surface area (Å²) in [6, 6.07) is 16.5. The third-order valence-electron chi connectivity index (χ3n) is 6.59. The van der Waals surface area contributed by atoms with E-state index in [1.54, 1.807) is 12.1 Å². The van der Waals surface area contributed by atoms with Crippen LogP contribution in [-0.4, -0.2) is 39.5 Å². The predicted octanol–water partition coefficient (Wildman–Crippen LogP) is 4.31. The van der Waals surface area contributed by atoms with Gasteiger partial charge >= 0.3 is 0 Å². The molecule has 4 atom stereocenters. The second kappa shape index (κ2) is 9.80. The van der Waals surface area contributed by atoms with Gasteiger partial charge in [-0.2, -0.15) is 10.5 Å². The molecule has 180 valence electrons. The maximum Gasteiger partial charge on any atom is 0.244 e. The summed E-state index contributed by atoms with van der Waals surface area (Å²) in [6.07, 6.45) is 3.38. The molecule has 4 rings (SSSR count). The predicted molar refractivity (Wildman–Crippen MR) is 132 cm³/mol. The highest BCUT2D eigenvalue weighted by Gasteiger charge is 2.50. The van der Waals surface area contributed by atoms with Gasteiger partial charge in [0, 0.05) is 18.0 Å². The number of fused-ring (bicyclic) bond motifs is 2. The summed E-state index contributed by atoms with van der Waals surface area (Å²) in [5.41, 5.74) is 2.51. The zero-order valence-electron chi connectivity index (χ0n) is 20.5. The molecule has 1 saturated heterocycles. The van der Waals surface area contributed by atoms with E-state index in [1.807, 2.05) is 56.0 Å². The van der Waals surface area contributed by atoms with Gasteiger partial charge in [-0.25, -0.2) is 4.98 Å². The van der Waals surface area contributed by atoms with Crippen LogP contribution in [0.4, 0.5) is 0 Å². The number of nitriles is 2. The number of rotatable bonds is 7. The number of hydrogen-bond donors (Lipinski definition) is 1. The van der Waals surface area contributed by atoms with Gasteiger partial charge < -0.3 is 15.0 Å². The number of pyridine rings is 1. The summed E-state index contributed by atoms with van der Waals surface area (Å²) in [4.78, 5) is 19.7. The Hall–Kier alpha value is -3.84. The number of carbonyl (C=O) groups is 1. The van der Waals surface area contributed by atoms with E-state index in [9.17, 15) is 10.1 Å². The molecule has 0 radical (unpaired) electrons. The number of amides is 1. The van der Waals surface area contributed by atoms with Crippen molar-refractivity contribution in [2.24, 2.45) is 5.92 Å². The van der Waals surface area contributed by atoms with Gasteiger partial charge in [-0.1, -0.05) is 30.3 Å². The minimum Gasteiger partial charge on any atom is -0.474 e. The van der Waals surface area contributed by atoms with Crippen LogP contribution >= 0.6 is 0 Å². The van der Waals surface area contributed by atoms with Crippen LogP contribution in [0, 0.1) is 28.6 Å². The van der Waals surface area contributed by atoms with E-state index in [0.29, 0.717) is 18.0 Å². The summed E-state index contributed by atoms with van der Waals surface area (Å²) in [5.74, 6) is 0.634. The van der Waals surface area contributed by atoms with Crippen molar-refractivity contribution in [3.05, 3.63) is 66.2 Å². The Bertz CT molecular complexity index is 1190. The molecule has 1 amide bonds. The largest absolute Gasteiger partial charge is 0.474 e. The number of carbonyl (C=O) groups excluding carboxylic acids is 1. The first kappa shape index (κ1) is 24.3. The quantitative estimate of drug-likeness (QED) is 0.606. The smallest absolute Gasteiger partial charge is 0.244 e. The highest BCUT2D eigenvalue weighted by atomic mass is 16.5. The molecule has 2 aliphatic rings. The number of hydrogen-bond acceptors (Lipinski definition) is 6. The van der Waals surface area contributed by atoms with Gasteiger partial charge in [0.25, 0.3) is 0 Å². The van der Waals surface area contributed by atoms with Crippen molar-refractivity contribution in [3.8, 4) is 23.4 Å².